The van der Waals surface area contributed by atoms with E-state index in [-0.39, 0.29) is 0 Å². The van der Waals surface area contributed by atoms with Crippen molar-refractivity contribution in [3.63, 3.8) is 0 Å². The van der Waals surface area contributed by atoms with Crippen molar-refractivity contribution in [1.82, 2.24) is 19.5 Å². The molecule has 4 nitrogen and oxygen atoms in total. The number of aromatic nitrogens is 4. The summed E-state index contributed by atoms with van der Waals surface area (Å²) in [5.74, 6) is 1.17. The van der Waals surface area contributed by atoms with Gasteiger partial charge >= 0.3 is 0 Å². The van der Waals surface area contributed by atoms with Crippen LogP contribution in [0.25, 0.3) is 11.2 Å². The third-order valence-electron chi connectivity index (χ3n) is 2.03. The van der Waals surface area contributed by atoms with Gasteiger partial charge in [-0.3, -0.25) is 0 Å². The number of thioether (sulfide) groups is 1. The smallest absolute Gasteiger partial charge is 0.163 e. The lowest BCUT2D eigenvalue weighted by Gasteiger charge is -2.01. The maximum Gasteiger partial charge on any atom is 0.163 e. The molecule has 0 atom stereocenters. The van der Waals surface area contributed by atoms with Gasteiger partial charge in [0.1, 0.15) is 11.8 Å². The molecule has 0 aliphatic heterocycles. The van der Waals surface area contributed by atoms with Crippen molar-refractivity contribution in [3.05, 3.63) is 18.9 Å². The van der Waals surface area contributed by atoms with Gasteiger partial charge in [0.2, 0.25) is 0 Å². The molecule has 5 heteroatoms. The van der Waals surface area contributed by atoms with Gasteiger partial charge in [0.05, 0.1) is 12.5 Å². The van der Waals surface area contributed by atoms with Crippen LogP contribution in [0.3, 0.4) is 0 Å². The number of imidazole rings is 1. The number of hydrogen-bond donors (Lipinski definition) is 0. The Kier molecular flexibility index (Phi) is 2.98. The highest BCUT2D eigenvalue weighted by Crippen LogP contribution is 2.08. The summed E-state index contributed by atoms with van der Waals surface area (Å²) < 4.78 is 2.08. The number of fused-ring (bicyclic) bond motifs is 1. The molecule has 0 aliphatic rings. The SMILES string of the molecule is CSCCCn1cnc2cncnc21. The fourth-order valence-electron chi connectivity index (χ4n) is 1.36. The molecule has 0 N–H and O–H groups in total. The predicted octanol–water partition coefficient (Wildman–Crippen LogP) is 1.58. The zero-order valence-corrected chi connectivity index (χ0v) is 8.87. The van der Waals surface area contributed by atoms with Crippen molar-refractivity contribution in [2.75, 3.05) is 12.0 Å². The molecule has 0 radical (unpaired) electrons. The standard InChI is InChI=1S/C9H12N4S/c1-14-4-2-3-13-7-12-8-5-10-6-11-9(8)13/h5-7H,2-4H2,1H3. The first kappa shape index (κ1) is 9.45. The van der Waals surface area contributed by atoms with E-state index in [1.165, 1.54) is 5.75 Å². The molecule has 0 spiro atoms. The maximum absolute atomic E-state index is 4.23. The minimum Gasteiger partial charge on any atom is -0.315 e. The van der Waals surface area contributed by atoms with Crippen LogP contribution in [-0.4, -0.2) is 31.5 Å². The normalized spacial score (nSPS) is 10.9. The lowest BCUT2D eigenvalue weighted by atomic mass is 10.4. The Hall–Kier alpha value is -1.10. The van der Waals surface area contributed by atoms with Crippen molar-refractivity contribution in [2.45, 2.75) is 13.0 Å². The first-order valence-electron chi connectivity index (χ1n) is 4.51. The van der Waals surface area contributed by atoms with E-state index in [4.69, 9.17) is 0 Å². The molecule has 2 aromatic heterocycles. The molecular formula is C9H12N4S. The monoisotopic (exact) mass is 208 g/mol. The minimum absolute atomic E-state index is 0.872. The van der Waals surface area contributed by atoms with Crippen LogP contribution < -0.4 is 0 Å². The van der Waals surface area contributed by atoms with Crippen molar-refractivity contribution in [1.29, 1.82) is 0 Å². The fourth-order valence-corrected chi connectivity index (χ4v) is 1.78. The van der Waals surface area contributed by atoms with E-state index in [2.05, 4.69) is 25.8 Å². The lowest BCUT2D eigenvalue weighted by molar-refractivity contribution is 0.696. The Morgan fingerprint density at radius 1 is 1.43 bits per heavy atom. The average Bonchev–Trinajstić information content (AvgIpc) is 2.63. The van der Waals surface area contributed by atoms with Crippen molar-refractivity contribution >= 4 is 22.9 Å². The van der Waals surface area contributed by atoms with Gasteiger partial charge in [-0.25, -0.2) is 15.0 Å². The molecule has 14 heavy (non-hydrogen) atoms. The van der Waals surface area contributed by atoms with Crippen LogP contribution in [0.4, 0.5) is 0 Å². The van der Waals surface area contributed by atoms with Crippen LogP contribution in [0.2, 0.25) is 0 Å². The van der Waals surface area contributed by atoms with Crippen LogP contribution in [-0.2, 0) is 6.54 Å². The highest BCUT2D eigenvalue weighted by Gasteiger charge is 2.01. The Morgan fingerprint density at radius 3 is 3.21 bits per heavy atom. The van der Waals surface area contributed by atoms with E-state index in [1.54, 1.807) is 12.5 Å². The molecular weight excluding hydrogens is 196 g/mol. The highest BCUT2D eigenvalue weighted by atomic mass is 32.2. The summed E-state index contributed by atoms with van der Waals surface area (Å²) in [5.41, 5.74) is 1.80. The van der Waals surface area contributed by atoms with E-state index in [1.807, 2.05) is 18.1 Å². The minimum atomic E-state index is 0.872. The van der Waals surface area contributed by atoms with Crippen LogP contribution in [0.15, 0.2) is 18.9 Å². The maximum atomic E-state index is 4.23. The van der Waals surface area contributed by atoms with E-state index >= 15 is 0 Å². The second-order valence-electron chi connectivity index (χ2n) is 3.02. The molecule has 2 heterocycles. The highest BCUT2D eigenvalue weighted by molar-refractivity contribution is 7.98. The summed E-state index contributed by atoms with van der Waals surface area (Å²) in [7, 11) is 0. The molecule has 74 valence electrons. The van der Waals surface area contributed by atoms with Crippen molar-refractivity contribution in [3.8, 4) is 0 Å². The fraction of sp³-hybridized carbons (Fsp3) is 0.444. The molecule has 2 aromatic rings. The molecule has 0 aliphatic carbocycles. The molecule has 2 rings (SSSR count). The summed E-state index contributed by atoms with van der Waals surface area (Å²) in [6, 6.07) is 0. The number of aryl methyl sites for hydroxylation is 1. The first-order chi connectivity index (χ1) is 6.92. The van der Waals surface area contributed by atoms with Crippen LogP contribution in [0.1, 0.15) is 6.42 Å². The van der Waals surface area contributed by atoms with Crippen molar-refractivity contribution in [2.24, 2.45) is 0 Å². The summed E-state index contributed by atoms with van der Waals surface area (Å²) in [6.07, 6.45) is 8.41. The van der Waals surface area contributed by atoms with Gasteiger partial charge in [0.25, 0.3) is 0 Å². The Balaban J connectivity index is 2.17. The molecule has 0 saturated carbocycles. The van der Waals surface area contributed by atoms with Crippen LogP contribution >= 0.6 is 11.8 Å². The predicted molar refractivity (Wildman–Crippen MR) is 58.3 cm³/mol. The van der Waals surface area contributed by atoms with Gasteiger partial charge in [0.15, 0.2) is 5.65 Å². The van der Waals surface area contributed by atoms with Crippen LogP contribution in [0, 0.1) is 0 Å². The number of nitrogens with zero attached hydrogens (tertiary/aromatic N) is 4. The van der Waals surface area contributed by atoms with Crippen LogP contribution in [0.5, 0.6) is 0 Å². The zero-order valence-electron chi connectivity index (χ0n) is 8.05. The Labute approximate surface area is 86.8 Å². The van der Waals surface area contributed by atoms with Gasteiger partial charge < -0.3 is 4.57 Å². The molecule has 0 aromatic carbocycles. The molecule has 0 saturated heterocycles. The number of hydrogen-bond acceptors (Lipinski definition) is 4. The van der Waals surface area contributed by atoms with E-state index in [9.17, 15) is 0 Å². The molecule has 0 fully saturated rings. The third kappa shape index (κ3) is 1.87. The van der Waals surface area contributed by atoms with E-state index in [0.29, 0.717) is 0 Å². The van der Waals surface area contributed by atoms with Gasteiger partial charge in [-0.05, 0) is 18.4 Å². The summed E-state index contributed by atoms with van der Waals surface area (Å²) in [4.78, 5) is 12.4. The van der Waals surface area contributed by atoms with Gasteiger partial charge in [-0.1, -0.05) is 0 Å². The van der Waals surface area contributed by atoms with Gasteiger partial charge in [-0.15, -0.1) is 0 Å². The average molecular weight is 208 g/mol. The number of rotatable bonds is 4. The molecule has 0 bridgehead atoms. The van der Waals surface area contributed by atoms with E-state index < -0.39 is 0 Å². The summed E-state index contributed by atoms with van der Waals surface area (Å²) in [5, 5.41) is 0. The summed E-state index contributed by atoms with van der Waals surface area (Å²) >= 11 is 1.86. The second kappa shape index (κ2) is 4.41. The molecule has 0 unspecified atom stereocenters. The lowest BCUT2D eigenvalue weighted by Crippen LogP contribution is -1.98. The largest absolute Gasteiger partial charge is 0.315 e. The van der Waals surface area contributed by atoms with Gasteiger partial charge in [0, 0.05) is 6.54 Å². The Bertz CT molecular complexity index is 412. The second-order valence-corrected chi connectivity index (χ2v) is 4.00. The molecule has 0 amide bonds. The van der Waals surface area contributed by atoms with E-state index in [0.717, 1.165) is 24.1 Å². The third-order valence-corrected chi connectivity index (χ3v) is 2.73. The summed E-state index contributed by atoms with van der Waals surface area (Å²) in [6.45, 7) is 0.981. The quantitative estimate of drug-likeness (QED) is 0.715. The van der Waals surface area contributed by atoms with Crippen molar-refractivity contribution < 1.29 is 0 Å². The topological polar surface area (TPSA) is 43.6 Å². The first-order valence-corrected chi connectivity index (χ1v) is 5.91. The van der Waals surface area contributed by atoms with Gasteiger partial charge in [-0.2, -0.15) is 11.8 Å². The Morgan fingerprint density at radius 2 is 2.36 bits per heavy atom. The zero-order chi connectivity index (χ0) is 9.80.